The van der Waals surface area contributed by atoms with Gasteiger partial charge in [0.25, 0.3) is 11.5 Å². The van der Waals surface area contributed by atoms with Crippen molar-refractivity contribution < 1.29 is 14.3 Å². The summed E-state index contributed by atoms with van der Waals surface area (Å²) >= 11 is 0. The number of amides is 1. The Bertz CT molecular complexity index is 1790. The van der Waals surface area contributed by atoms with E-state index in [0.717, 1.165) is 32.9 Å². The topological polar surface area (TPSA) is 122 Å². The lowest BCUT2D eigenvalue weighted by molar-refractivity contribution is -0.147. The lowest BCUT2D eigenvalue weighted by atomic mass is 10.1. The fourth-order valence-corrected chi connectivity index (χ4v) is 4.52. The molecule has 0 aliphatic carbocycles. The molecule has 11 heteroatoms. The Morgan fingerprint density at radius 2 is 1.75 bits per heavy atom. The number of nitrogens with one attached hydrogen (secondary N) is 1. The lowest BCUT2D eigenvalue weighted by Gasteiger charge is -2.09. The highest BCUT2D eigenvalue weighted by atomic mass is 16.5. The smallest absolute Gasteiger partial charge is 0.332 e. The highest BCUT2D eigenvalue weighted by Gasteiger charge is 2.17. The first-order valence-electron chi connectivity index (χ1n) is 11.4. The number of ether oxygens (including phenoxy) is 1. The molecule has 0 unspecified atom stereocenters. The average molecular weight is 489 g/mol. The number of para-hydroxylation sites is 1. The van der Waals surface area contributed by atoms with Gasteiger partial charge in [-0.3, -0.25) is 23.5 Å². The summed E-state index contributed by atoms with van der Waals surface area (Å²) < 4.78 is 10.8. The number of hydrogen-bond donors (Lipinski definition) is 1. The Morgan fingerprint density at radius 3 is 2.53 bits per heavy atom. The lowest BCUT2D eigenvalue weighted by Crippen LogP contribution is -2.37. The van der Waals surface area contributed by atoms with E-state index in [2.05, 4.69) is 27.9 Å². The third-order valence-corrected chi connectivity index (χ3v) is 6.25. The van der Waals surface area contributed by atoms with E-state index in [-0.39, 0.29) is 17.7 Å². The Hall–Kier alpha value is -4.67. The quantitative estimate of drug-likeness (QED) is 0.364. The van der Waals surface area contributed by atoms with Crippen LogP contribution >= 0.6 is 0 Å². The first kappa shape index (κ1) is 23.1. The molecule has 0 aliphatic heterocycles. The predicted octanol–water partition coefficient (Wildman–Crippen LogP) is 1.74. The van der Waals surface area contributed by atoms with Crippen molar-refractivity contribution in [3.8, 4) is 0 Å². The van der Waals surface area contributed by atoms with Gasteiger partial charge in [-0.05, 0) is 31.2 Å². The number of nitrogens with zero attached hydrogens (tertiary/aromatic N) is 5. The second-order valence-electron chi connectivity index (χ2n) is 8.45. The minimum Gasteiger partial charge on any atom is -0.454 e. The van der Waals surface area contributed by atoms with Crippen LogP contribution in [-0.4, -0.2) is 41.7 Å². The van der Waals surface area contributed by atoms with Crippen molar-refractivity contribution in [3.05, 3.63) is 69.6 Å². The summed E-state index contributed by atoms with van der Waals surface area (Å²) in [6, 6.07) is 13.8. The maximum Gasteiger partial charge on any atom is 0.332 e. The van der Waals surface area contributed by atoms with Gasteiger partial charge in [0.15, 0.2) is 17.8 Å². The molecule has 0 aliphatic rings. The van der Waals surface area contributed by atoms with Crippen LogP contribution in [0, 0.1) is 0 Å². The summed E-state index contributed by atoms with van der Waals surface area (Å²) in [6.07, 6.45) is 1.29. The number of hydrogen-bond acceptors (Lipinski definition) is 6. The van der Waals surface area contributed by atoms with Crippen LogP contribution in [0.1, 0.15) is 6.92 Å². The molecule has 0 spiro atoms. The first-order chi connectivity index (χ1) is 17.3. The second kappa shape index (κ2) is 8.84. The molecule has 1 amide bonds. The Kier molecular flexibility index (Phi) is 5.67. The zero-order valence-corrected chi connectivity index (χ0v) is 20.0. The molecule has 0 atom stereocenters. The highest BCUT2D eigenvalue weighted by Crippen LogP contribution is 2.30. The predicted molar refractivity (Wildman–Crippen MR) is 135 cm³/mol. The summed E-state index contributed by atoms with van der Waals surface area (Å²) in [4.78, 5) is 53.5. The monoisotopic (exact) mass is 488 g/mol. The minimum absolute atomic E-state index is 0.0977. The van der Waals surface area contributed by atoms with Gasteiger partial charge < -0.3 is 19.2 Å². The van der Waals surface area contributed by atoms with Crippen LogP contribution in [0.3, 0.4) is 0 Å². The molecule has 0 fully saturated rings. The van der Waals surface area contributed by atoms with E-state index < -0.39 is 29.7 Å². The van der Waals surface area contributed by atoms with Crippen molar-refractivity contribution in [1.29, 1.82) is 0 Å². The van der Waals surface area contributed by atoms with Crippen molar-refractivity contribution in [3.63, 3.8) is 0 Å². The molecule has 0 saturated carbocycles. The molecule has 0 bridgehead atoms. The van der Waals surface area contributed by atoms with Gasteiger partial charge in [0.1, 0.15) is 6.54 Å². The number of fused-ring (bicyclic) bond motifs is 4. The van der Waals surface area contributed by atoms with E-state index >= 15 is 0 Å². The van der Waals surface area contributed by atoms with Crippen LogP contribution < -0.4 is 16.6 Å². The third kappa shape index (κ3) is 3.74. The zero-order valence-electron chi connectivity index (χ0n) is 20.0. The number of aromatic nitrogens is 5. The van der Waals surface area contributed by atoms with Crippen LogP contribution in [0.4, 0.5) is 5.69 Å². The third-order valence-electron chi connectivity index (χ3n) is 6.25. The van der Waals surface area contributed by atoms with Gasteiger partial charge in [0.05, 0.1) is 6.33 Å². The molecule has 3 aromatic heterocycles. The number of rotatable bonds is 6. The largest absolute Gasteiger partial charge is 0.454 e. The van der Waals surface area contributed by atoms with E-state index in [1.807, 2.05) is 36.4 Å². The molecule has 0 saturated heterocycles. The van der Waals surface area contributed by atoms with E-state index in [4.69, 9.17) is 4.74 Å². The fourth-order valence-electron chi connectivity index (χ4n) is 4.52. The number of anilines is 1. The maximum atomic E-state index is 12.5. The Morgan fingerprint density at radius 1 is 1.00 bits per heavy atom. The van der Waals surface area contributed by atoms with Crippen molar-refractivity contribution in [2.45, 2.75) is 20.0 Å². The van der Waals surface area contributed by atoms with Crippen LogP contribution in [0.2, 0.25) is 0 Å². The van der Waals surface area contributed by atoms with Gasteiger partial charge in [-0.25, -0.2) is 9.78 Å². The van der Waals surface area contributed by atoms with Crippen LogP contribution in [0.15, 0.2) is 58.4 Å². The maximum absolute atomic E-state index is 12.5. The molecule has 2 aromatic carbocycles. The highest BCUT2D eigenvalue weighted by molar-refractivity contribution is 6.09. The molecule has 184 valence electrons. The van der Waals surface area contributed by atoms with Gasteiger partial charge in [0.2, 0.25) is 0 Å². The summed E-state index contributed by atoms with van der Waals surface area (Å²) in [5.74, 6) is -1.21. The van der Waals surface area contributed by atoms with Crippen LogP contribution in [0.25, 0.3) is 33.0 Å². The summed E-state index contributed by atoms with van der Waals surface area (Å²) in [5, 5.41) is 4.87. The van der Waals surface area contributed by atoms with Gasteiger partial charge in [-0.2, -0.15) is 0 Å². The molecule has 1 N–H and O–H groups in total. The van der Waals surface area contributed by atoms with Crippen molar-refractivity contribution in [1.82, 2.24) is 23.3 Å². The normalized spacial score (nSPS) is 11.4. The van der Waals surface area contributed by atoms with Crippen molar-refractivity contribution in [2.75, 3.05) is 11.9 Å². The van der Waals surface area contributed by atoms with Gasteiger partial charge in [-0.1, -0.05) is 18.2 Å². The fraction of sp³-hybridized carbons (Fsp3) is 0.240. The van der Waals surface area contributed by atoms with E-state index in [1.165, 1.54) is 29.6 Å². The summed E-state index contributed by atoms with van der Waals surface area (Å²) in [6.45, 7) is 2.08. The number of carbonyl (C=O) groups is 2. The second-order valence-corrected chi connectivity index (χ2v) is 8.45. The molecule has 0 radical (unpaired) electrons. The van der Waals surface area contributed by atoms with Gasteiger partial charge in [-0.15, -0.1) is 0 Å². The minimum atomic E-state index is -0.721. The number of esters is 1. The molecule has 36 heavy (non-hydrogen) atoms. The number of benzene rings is 2. The van der Waals surface area contributed by atoms with E-state index in [0.29, 0.717) is 5.69 Å². The summed E-state index contributed by atoms with van der Waals surface area (Å²) in [5.41, 5.74) is 1.95. The Labute approximate surface area is 204 Å². The first-order valence-corrected chi connectivity index (χ1v) is 11.4. The SMILES string of the molecule is CCn1c2ccccc2c2cc(NC(=O)COC(=O)Cn3cnc4c3c(=O)n(C)c(=O)n4C)ccc21. The molecule has 11 nitrogen and oxygen atoms in total. The van der Waals surface area contributed by atoms with Gasteiger partial charge in [0, 0.05) is 48.1 Å². The standard InChI is InChI=1S/C25H24N6O5/c1-4-31-18-8-6-5-7-16(18)17-11-15(9-10-19(17)31)27-20(32)13-36-21(33)12-30-14-26-23-22(30)24(34)29(3)25(35)28(23)2/h5-11,14H,4,12-13H2,1-3H3,(H,27,32). The Balaban J connectivity index is 1.28. The molecular weight excluding hydrogens is 464 g/mol. The zero-order chi connectivity index (χ0) is 25.6. The summed E-state index contributed by atoms with van der Waals surface area (Å²) in [7, 11) is 2.84. The molecule has 3 heterocycles. The van der Waals surface area contributed by atoms with Crippen molar-refractivity contribution >= 4 is 50.5 Å². The molecule has 5 rings (SSSR count). The van der Waals surface area contributed by atoms with E-state index in [9.17, 15) is 19.2 Å². The number of aryl methyl sites for hydroxylation is 2. The van der Waals surface area contributed by atoms with Crippen molar-refractivity contribution in [2.24, 2.45) is 14.1 Å². The average Bonchev–Trinajstić information content (AvgIpc) is 3.43. The molecule has 5 aromatic rings. The van der Waals surface area contributed by atoms with E-state index in [1.54, 1.807) is 0 Å². The van der Waals surface area contributed by atoms with Crippen LogP contribution in [0.5, 0.6) is 0 Å². The van der Waals surface area contributed by atoms with Gasteiger partial charge >= 0.3 is 11.7 Å². The number of carbonyl (C=O) groups excluding carboxylic acids is 2. The van der Waals surface area contributed by atoms with Crippen LogP contribution in [-0.2, 0) is 41.5 Å². The number of imidazole rings is 1. The molecular formula is C25H24N6O5.